The first-order valence-corrected chi connectivity index (χ1v) is 10.2. The lowest BCUT2D eigenvalue weighted by Gasteiger charge is -2.37. The average Bonchev–Trinajstić information content (AvgIpc) is 2.71. The largest absolute Gasteiger partial charge is 0.305 e. The molecule has 1 amide bonds. The summed E-state index contributed by atoms with van der Waals surface area (Å²) in [5, 5.41) is 0. The zero-order chi connectivity index (χ0) is 18.2. The summed E-state index contributed by atoms with van der Waals surface area (Å²) < 4.78 is 0. The maximum atomic E-state index is 13.3. The van der Waals surface area contributed by atoms with Crippen molar-refractivity contribution in [3.05, 3.63) is 66.2 Å². The lowest BCUT2D eigenvalue weighted by molar-refractivity contribution is 0.0966. The van der Waals surface area contributed by atoms with E-state index in [1.807, 2.05) is 48.5 Å². The highest BCUT2D eigenvalue weighted by molar-refractivity contribution is 6.06. The minimum absolute atomic E-state index is 0.131. The molecule has 0 heterocycles. The third-order valence-electron chi connectivity index (χ3n) is 5.67. The van der Waals surface area contributed by atoms with Gasteiger partial charge in [0.05, 0.1) is 0 Å². The number of carbonyl (C=O) groups excluding carboxylic acids is 1. The van der Waals surface area contributed by atoms with Gasteiger partial charge < -0.3 is 4.90 Å². The van der Waals surface area contributed by atoms with Crippen molar-refractivity contribution < 1.29 is 4.79 Å². The summed E-state index contributed by atoms with van der Waals surface area (Å²) in [4.78, 5) is 15.3. The highest BCUT2D eigenvalue weighted by Gasteiger charge is 2.30. The Bertz CT molecular complexity index is 659. The molecule has 0 saturated heterocycles. The number of hydrogen-bond donors (Lipinski definition) is 0. The normalized spacial score (nSPS) is 19.9. The van der Waals surface area contributed by atoms with Gasteiger partial charge in [-0.25, -0.2) is 0 Å². The minimum atomic E-state index is 0.131. The Hall–Kier alpha value is -2.09. The molecule has 1 fully saturated rings. The summed E-state index contributed by atoms with van der Waals surface area (Å²) in [7, 11) is 0. The number of anilines is 1. The van der Waals surface area contributed by atoms with E-state index in [9.17, 15) is 4.79 Å². The maximum absolute atomic E-state index is 13.3. The fourth-order valence-corrected chi connectivity index (χ4v) is 4.18. The molecule has 26 heavy (non-hydrogen) atoms. The zero-order valence-electron chi connectivity index (χ0n) is 15.9. The second-order valence-electron chi connectivity index (χ2n) is 7.55. The molecular weight excluding hydrogens is 318 g/mol. The van der Waals surface area contributed by atoms with Crippen LogP contribution in [-0.4, -0.2) is 11.9 Å². The van der Waals surface area contributed by atoms with E-state index in [0.717, 1.165) is 30.0 Å². The molecule has 1 saturated carbocycles. The van der Waals surface area contributed by atoms with Crippen molar-refractivity contribution in [3.63, 3.8) is 0 Å². The van der Waals surface area contributed by atoms with Crippen LogP contribution in [0.25, 0.3) is 0 Å². The molecule has 0 aromatic heterocycles. The highest BCUT2D eigenvalue weighted by atomic mass is 16.2. The molecule has 0 aliphatic heterocycles. The molecule has 0 radical (unpaired) electrons. The first-order chi connectivity index (χ1) is 12.8. The number of unbranched alkanes of at least 4 members (excludes halogenated alkanes) is 2. The first-order valence-electron chi connectivity index (χ1n) is 10.2. The number of amides is 1. The number of rotatable bonds is 7. The van der Waals surface area contributed by atoms with Crippen LogP contribution in [0.15, 0.2) is 60.7 Å². The third kappa shape index (κ3) is 4.75. The van der Waals surface area contributed by atoms with Crippen molar-refractivity contribution in [3.8, 4) is 0 Å². The summed E-state index contributed by atoms with van der Waals surface area (Å²) in [5.74, 6) is 0.980. The van der Waals surface area contributed by atoms with Gasteiger partial charge in [0.2, 0.25) is 0 Å². The van der Waals surface area contributed by atoms with Gasteiger partial charge >= 0.3 is 0 Å². The van der Waals surface area contributed by atoms with E-state index in [2.05, 4.69) is 24.0 Å². The fraction of sp³-hybridized carbons (Fsp3) is 0.458. The van der Waals surface area contributed by atoms with Crippen LogP contribution in [0.3, 0.4) is 0 Å². The van der Waals surface area contributed by atoms with Gasteiger partial charge in [0.15, 0.2) is 0 Å². The SMILES string of the molecule is CCCCCC1CCC(N(C(=O)c2ccccc2)c2ccccc2)CC1. The van der Waals surface area contributed by atoms with Crippen molar-refractivity contribution in [1.82, 2.24) is 0 Å². The van der Waals surface area contributed by atoms with Crippen molar-refractivity contribution in [1.29, 1.82) is 0 Å². The van der Waals surface area contributed by atoms with E-state index in [-0.39, 0.29) is 5.91 Å². The Labute approximate surface area is 158 Å². The summed E-state index contributed by atoms with van der Waals surface area (Å²) in [6.45, 7) is 2.27. The topological polar surface area (TPSA) is 20.3 Å². The predicted octanol–water partition coefficient (Wildman–Crippen LogP) is 6.47. The van der Waals surface area contributed by atoms with Gasteiger partial charge in [0.25, 0.3) is 5.91 Å². The molecule has 0 spiro atoms. The molecule has 2 aromatic carbocycles. The van der Waals surface area contributed by atoms with Crippen LogP contribution >= 0.6 is 0 Å². The van der Waals surface area contributed by atoms with E-state index in [1.54, 1.807) is 0 Å². The van der Waals surface area contributed by atoms with E-state index in [4.69, 9.17) is 0 Å². The molecule has 2 heteroatoms. The molecule has 0 bridgehead atoms. The Morgan fingerprint density at radius 3 is 2.12 bits per heavy atom. The summed E-state index contributed by atoms with van der Waals surface area (Å²) in [6, 6.07) is 20.2. The number of carbonyl (C=O) groups is 1. The van der Waals surface area contributed by atoms with Crippen LogP contribution in [-0.2, 0) is 0 Å². The van der Waals surface area contributed by atoms with E-state index in [1.165, 1.54) is 38.5 Å². The lowest BCUT2D eigenvalue weighted by atomic mass is 9.82. The van der Waals surface area contributed by atoms with Crippen molar-refractivity contribution >= 4 is 11.6 Å². The predicted molar refractivity (Wildman–Crippen MR) is 110 cm³/mol. The maximum Gasteiger partial charge on any atom is 0.258 e. The van der Waals surface area contributed by atoms with Gasteiger partial charge in [-0.3, -0.25) is 4.79 Å². The van der Waals surface area contributed by atoms with Crippen molar-refractivity contribution in [2.24, 2.45) is 5.92 Å². The Balaban J connectivity index is 1.72. The van der Waals surface area contributed by atoms with Gasteiger partial charge in [-0.15, -0.1) is 0 Å². The van der Waals surface area contributed by atoms with Gasteiger partial charge in [-0.2, -0.15) is 0 Å². The van der Waals surface area contributed by atoms with Gasteiger partial charge in [0.1, 0.15) is 0 Å². The summed E-state index contributed by atoms with van der Waals surface area (Å²) in [5.41, 5.74) is 1.80. The van der Waals surface area contributed by atoms with Gasteiger partial charge in [-0.05, 0) is 55.9 Å². The number of para-hydroxylation sites is 1. The van der Waals surface area contributed by atoms with Crippen LogP contribution in [0.2, 0.25) is 0 Å². The second kappa shape index (κ2) is 9.56. The molecule has 0 N–H and O–H groups in total. The van der Waals surface area contributed by atoms with E-state index < -0.39 is 0 Å². The minimum Gasteiger partial charge on any atom is -0.305 e. The molecule has 2 aromatic rings. The molecular formula is C24H31NO. The number of nitrogens with zero attached hydrogens (tertiary/aromatic N) is 1. The van der Waals surface area contributed by atoms with Crippen molar-refractivity contribution in [2.75, 3.05) is 4.90 Å². The molecule has 1 aliphatic rings. The van der Waals surface area contributed by atoms with Crippen LogP contribution in [0.5, 0.6) is 0 Å². The lowest BCUT2D eigenvalue weighted by Crippen LogP contribution is -2.42. The van der Waals surface area contributed by atoms with Crippen LogP contribution in [0.4, 0.5) is 5.69 Å². The number of benzene rings is 2. The summed E-state index contributed by atoms with van der Waals surface area (Å²) >= 11 is 0. The zero-order valence-corrected chi connectivity index (χ0v) is 15.9. The quantitative estimate of drug-likeness (QED) is 0.524. The first kappa shape index (κ1) is 18.7. The van der Waals surface area contributed by atoms with Gasteiger partial charge in [0, 0.05) is 17.3 Å². The Kier molecular flexibility index (Phi) is 6.88. The Morgan fingerprint density at radius 2 is 1.50 bits per heavy atom. The van der Waals surface area contributed by atoms with Crippen molar-refractivity contribution in [2.45, 2.75) is 64.3 Å². The second-order valence-corrected chi connectivity index (χ2v) is 7.55. The molecule has 1 aliphatic carbocycles. The molecule has 138 valence electrons. The summed E-state index contributed by atoms with van der Waals surface area (Å²) in [6.07, 6.45) is 10.1. The molecule has 2 nitrogen and oxygen atoms in total. The molecule has 0 unspecified atom stereocenters. The van der Waals surface area contributed by atoms with Crippen LogP contribution < -0.4 is 4.90 Å². The van der Waals surface area contributed by atoms with E-state index >= 15 is 0 Å². The average molecular weight is 350 g/mol. The van der Waals surface area contributed by atoms with E-state index in [0.29, 0.717) is 6.04 Å². The van der Waals surface area contributed by atoms with Gasteiger partial charge in [-0.1, -0.05) is 69.0 Å². The van der Waals surface area contributed by atoms with Crippen LogP contribution in [0, 0.1) is 5.92 Å². The fourth-order valence-electron chi connectivity index (χ4n) is 4.18. The smallest absolute Gasteiger partial charge is 0.258 e. The Morgan fingerprint density at radius 1 is 0.885 bits per heavy atom. The highest BCUT2D eigenvalue weighted by Crippen LogP contribution is 2.34. The number of hydrogen-bond acceptors (Lipinski definition) is 1. The monoisotopic (exact) mass is 349 g/mol. The standard InChI is InChI=1S/C24H31NO/c1-2-3-6-11-20-16-18-23(19-17-20)25(22-14-9-5-10-15-22)24(26)21-12-7-4-8-13-21/h4-5,7-10,12-15,20,23H,2-3,6,11,16-19H2,1H3. The third-order valence-corrected chi connectivity index (χ3v) is 5.67. The van der Waals surface area contributed by atoms with Crippen LogP contribution in [0.1, 0.15) is 68.6 Å². The molecule has 0 atom stereocenters. The molecule has 3 rings (SSSR count).